The Bertz CT molecular complexity index is 347. The van der Waals surface area contributed by atoms with Gasteiger partial charge in [0.2, 0.25) is 0 Å². The molecule has 2 heteroatoms. The first-order chi connectivity index (χ1) is 8.13. The molecule has 0 aromatic heterocycles. The fourth-order valence-electron chi connectivity index (χ4n) is 2.63. The van der Waals surface area contributed by atoms with Crippen molar-refractivity contribution in [1.82, 2.24) is 0 Å². The van der Waals surface area contributed by atoms with Crippen molar-refractivity contribution in [1.29, 1.82) is 0 Å². The van der Waals surface area contributed by atoms with Gasteiger partial charge in [0.15, 0.2) is 0 Å². The zero-order chi connectivity index (χ0) is 12.3. The summed E-state index contributed by atoms with van der Waals surface area (Å²) < 4.78 is 5.98. The van der Waals surface area contributed by atoms with E-state index in [0.717, 1.165) is 31.4 Å². The highest BCUT2D eigenvalue weighted by Crippen LogP contribution is 2.36. The highest BCUT2D eigenvalue weighted by Gasteiger charge is 2.43. The molecule has 0 spiro atoms. The zero-order valence-corrected chi connectivity index (χ0v) is 10.7. The van der Waals surface area contributed by atoms with Crippen molar-refractivity contribution < 1.29 is 9.84 Å². The molecule has 2 atom stereocenters. The Hall–Kier alpha value is -1.02. The first kappa shape index (κ1) is 12.4. The Labute approximate surface area is 104 Å². The Balaban J connectivity index is 2.12. The van der Waals surface area contributed by atoms with Crippen LogP contribution in [0.15, 0.2) is 30.3 Å². The third-order valence-electron chi connectivity index (χ3n) is 3.87. The first-order valence-electron chi connectivity index (χ1n) is 6.57. The second kappa shape index (κ2) is 5.09. The van der Waals surface area contributed by atoms with Gasteiger partial charge < -0.3 is 9.84 Å². The van der Waals surface area contributed by atoms with Crippen LogP contribution in [0.1, 0.15) is 39.5 Å². The van der Waals surface area contributed by atoms with Gasteiger partial charge in [0, 0.05) is 0 Å². The quantitative estimate of drug-likeness (QED) is 0.868. The maximum atomic E-state index is 10.7. The molecule has 2 nitrogen and oxygen atoms in total. The van der Waals surface area contributed by atoms with Crippen molar-refractivity contribution in [3.05, 3.63) is 30.3 Å². The van der Waals surface area contributed by atoms with Crippen molar-refractivity contribution in [2.45, 2.75) is 51.2 Å². The first-order valence-corrected chi connectivity index (χ1v) is 6.57. The lowest BCUT2D eigenvalue weighted by Gasteiger charge is -2.42. The van der Waals surface area contributed by atoms with E-state index < -0.39 is 5.60 Å². The molecular formula is C15H22O2. The average Bonchev–Trinajstić information content (AvgIpc) is 2.33. The average molecular weight is 234 g/mol. The summed E-state index contributed by atoms with van der Waals surface area (Å²) in [7, 11) is 0. The molecule has 2 unspecified atom stereocenters. The number of benzene rings is 1. The standard InChI is InChI=1S/C15H22O2/c1-12(2)15(16)11-7-6-10-14(15)17-13-8-4-3-5-9-13/h3-5,8-9,12,14,16H,6-7,10-11H2,1-2H3. The van der Waals surface area contributed by atoms with Crippen molar-refractivity contribution in [3.8, 4) is 5.75 Å². The summed E-state index contributed by atoms with van der Waals surface area (Å²) in [6.07, 6.45) is 3.97. The van der Waals surface area contributed by atoms with E-state index in [0.29, 0.717) is 0 Å². The molecule has 1 saturated carbocycles. The summed E-state index contributed by atoms with van der Waals surface area (Å²) in [4.78, 5) is 0. The van der Waals surface area contributed by atoms with Crippen molar-refractivity contribution in [2.24, 2.45) is 5.92 Å². The maximum Gasteiger partial charge on any atom is 0.128 e. The number of ether oxygens (including phenoxy) is 1. The van der Waals surface area contributed by atoms with Crippen LogP contribution in [0.4, 0.5) is 0 Å². The summed E-state index contributed by atoms with van der Waals surface area (Å²) in [6, 6.07) is 9.81. The number of rotatable bonds is 3. The van der Waals surface area contributed by atoms with Gasteiger partial charge >= 0.3 is 0 Å². The Kier molecular flexibility index (Phi) is 3.72. The number of hydrogen-bond donors (Lipinski definition) is 1. The lowest BCUT2D eigenvalue weighted by molar-refractivity contribution is -0.117. The van der Waals surface area contributed by atoms with E-state index in [1.807, 2.05) is 30.3 Å². The van der Waals surface area contributed by atoms with Crippen LogP contribution in [0.25, 0.3) is 0 Å². The molecule has 0 amide bonds. The van der Waals surface area contributed by atoms with Crippen molar-refractivity contribution in [2.75, 3.05) is 0 Å². The molecule has 1 N–H and O–H groups in total. The van der Waals surface area contributed by atoms with Gasteiger partial charge in [-0.3, -0.25) is 0 Å². The van der Waals surface area contributed by atoms with Gasteiger partial charge in [-0.2, -0.15) is 0 Å². The summed E-state index contributed by atoms with van der Waals surface area (Å²) in [5.74, 6) is 1.09. The molecule has 0 bridgehead atoms. The van der Waals surface area contributed by atoms with Crippen molar-refractivity contribution in [3.63, 3.8) is 0 Å². The van der Waals surface area contributed by atoms with Crippen LogP contribution in [0.2, 0.25) is 0 Å². The van der Waals surface area contributed by atoms with E-state index in [-0.39, 0.29) is 12.0 Å². The van der Waals surface area contributed by atoms with E-state index >= 15 is 0 Å². The second-order valence-electron chi connectivity index (χ2n) is 5.31. The monoisotopic (exact) mass is 234 g/mol. The topological polar surface area (TPSA) is 29.5 Å². The van der Waals surface area contributed by atoms with Crippen LogP contribution in [-0.4, -0.2) is 16.8 Å². The number of hydrogen-bond acceptors (Lipinski definition) is 2. The predicted molar refractivity (Wildman–Crippen MR) is 69.1 cm³/mol. The van der Waals surface area contributed by atoms with Gasteiger partial charge in [0.1, 0.15) is 17.5 Å². The van der Waals surface area contributed by atoms with E-state index in [1.165, 1.54) is 0 Å². The fraction of sp³-hybridized carbons (Fsp3) is 0.600. The minimum atomic E-state index is -0.673. The van der Waals surface area contributed by atoms with Crippen LogP contribution < -0.4 is 4.74 Å². The Morgan fingerprint density at radius 2 is 1.94 bits per heavy atom. The molecule has 1 aromatic rings. The van der Waals surface area contributed by atoms with Crippen LogP contribution in [-0.2, 0) is 0 Å². The van der Waals surface area contributed by atoms with Gasteiger partial charge in [-0.05, 0) is 37.3 Å². The van der Waals surface area contributed by atoms with E-state index in [1.54, 1.807) is 0 Å². The molecule has 1 aliphatic rings. The summed E-state index contributed by atoms with van der Waals surface area (Å²) in [5.41, 5.74) is -0.673. The Morgan fingerprint density at radius 3 is 2.59 bits per heavy atom. The smallest absolute Gasteiger partial charge is 0.128 e. The molecule has 94 valence electrons. The SMILES string of the molecule is CC(C)C1(O)CCCCC1Oc1ccccc1. The molecule has 1 aliphatic carbocycles. The fourth-order valence-corrected chi connectivity index (χ4v) is 2.63. The summed E-state index contributed by atoms with van der Waals surface area (Å²) >= 11 is 0. The third kappa shape index (κ3) is 2.63. The van der Waals surface area contributed by atoms with Gasteiger partial charge in [-0.15, -0.1) is 0 Å². The highest BCUT2D eigenvalue weighted by atomic mass is 16.5. The molecule has 1 fully saturated rings. The summed E-state index contributed by atoms with van der Waals surface area (Å²) in [6.45, 7) is 4.15. The maximum absolute atomic E-state index is 10.7. The third-order valence-corrected chi connectivity index (χ3v) is 3.87. The molecule has 0 saturated heterocycles. The van der Waals surface area contributed by atoms with Crippen LogP contribution >= 0.6 is 0 Å². The molecule has 0 heterocycles. The number of aliphatic hydroxyl groups is 1. The summed E-state index contributed by atoms with van der Waals surface area (Å²) in [5, 5.41) is 10.7. The van der Waals surface area contributed by atoms with Gasteiger partial charge in [0.25, 0.3) is 0 Å². The van der Waals surface area contributed by atoms with Crippen molar-refractivity contribution >= 4 is 0 Å². The molecule has 0 aliphatic heterocycles. The van der Waals surface area contributed by atoms with E-state index in [4.69, 9.17) is 4.74 Å². The molecule has 17 heavy (non-hydrogen) atoms. The largest absolute Gasteiger partial charge is 0.487 e. The molecular weight excluding hydrogens is 212 g/mol. The van der Waals surface area contributed by atoms with Gasteiger partial charge in [0.05, 0.1) is 0 Å². The lowest BCUT2D eigenvalue weighted by atomic mass is 9.75. The highest BCUT2D eigenvalue weighted by molar-refractivity contribution is 5.22. The predicted octanol–water partition coefficient (Wildman–Crippen LogP) is 3.40. The van der Waals surface area contributed by atoms with E-state index in [2.05, 4.69) is 13.8 Å². The molecule has 2 rings (SSSR count). The minimum Gasteiger partial charge on any atom is -0.487 e. The van der Waals surface area contributed by atoms with Crippen LogP contribution in [0.5, 0.6) is 5.75 Å². The normalized spacial score (nSPS) is 29.3. The van der Waals surface area contributed by atoms with Crippen LogP contribution in [0, 0.1) is 5.92 Å². The van der Waals surface area contributed by atoms with Gasteiger partial charge in [-0.1, -0.05) is 38.5 Å². The Morgan fingerprint density at radius 1 is 1.24 bits per heavy atom. The molecule has 0 radical (unpaired) electrons. The number of para-hydroxylation sites is 1. The second-order valence-corrected chi connectivity index (χ2v) is 5.31. The van der Waals surface area contributed by atoms with Crippen LogP contribution in [0.3, 0.4) is 0 Å². The zero-order valence-electron chi connectivity index (χ0n) is 10.7. The molecule has 1 aromatic carbocycles. The van der Waals surface area contributed by atoms with Gasteiger partial charge in [-0.25, -0.2) is 0 Å². The minimum absolute atomic E-state index is 0.0707. The lowest BCUT2D eigenvalue weighted by Crippen LogP contribution is -2.51. The van der Waals surface area contributed by atoms with E-state index in [9.17, 15) is 5.11 Å².